The third-order valence-corrected chi connectivity index (χ3v) is 3.71. The molecule has 1 unspecified atom stereocenters. The number of carbonyl (C=O) groups excluding carboxylic acids is 1. The predicted octanol–water partition coefficient (Wildman–Crippen LogP) is 1.97. The lowest BCUT2D eigenvalue weighted by Crippen LogP contribution is -2.37. The highest BCUT2D eigenvalue weighted by Gasteiger charge is 2.23. The number of benzene rings is 1. The number of para-hydroxylation sites is 1. The number of rotatable bonds is 7. The monoisotopic (exact) mass is 328 g/mol. The van der Waals surface area contributed by atoms with Crippen LogP contribution in [-0.2, 0) is 16.1 Å². The molecule has 1 heterocycles. The molecular formula is C16H25ClN2O3. The van der Waals surface area contributed by atoms with Crippen LogP contribution in [0.3, 0.4) is 0 Å². The molecule has 2 rings (SSSR count). The van der Waals surface area contributed by atoms with Gasteiger partial charge in [-0.25, -0.2) is 0 Å². The Labute approximate surface area is 138 Å². The second kappa shape index (κ2) is 9.66. The maximum absolute atomic E-state index is 12.3. The smallest absolute Gasteiger partial charge is 0.224 e. The predicted molar refractivity (Wildman–Crippen MR) is 88.3 cm³/mol. The topological polar surface area (TPSA) is 64.8 Å². The van der Waals surface area contributed by atoms with E-state index in [1.807, 2.05) is 29.2 Å². The van der Waals surface area contributed by atoms with Crippen molar-refractivity contribution < 1.29 is 14.3 Å². The van der Waals surface area contributed by atoms with Gasteiger partial charge in [-0.1, -0.05) is 18.2 Å². The summed E-state index contributed by atoms with van der Waals surface area (Å²) in [7, 11) is 1.64. The highest BCUT2D eigenvalue weighted by molar-refractivity contribution is 5.85. The van der Waals surface area contributed by atoms with Crippen LogP contribution < -0.4 is 10.5 Å². The van der Waals surface area contributed by atoms with Crippen LogP contribution in [0.2, 0.25) is 0 Å². The number of ether oxygens (including phenoxy) is 2. The van der Waals surface area contributed by atoms with Gasteiger partial charge in [0.25, 0.3) is 0 Å². The normalized spacial score (nSPS) is 16.9. The Kier molecular flexibility index (Phi) is 8.24. The molecule has 0 bridgehead atoms. The van der Waals surface area contributed by atoms with Crippen LogP contribution >= 0.6 is 12.4 Å². The van der Waals surface area contributed by atoms with E-state index in [1.165, 1.54) is 0 Å². The van der Waals surface area contributed by atoms with Crippen molar-refractivity contribution in [3.05, 3.63) is 29.8 Å². The van der Waals surface area contributed by atoms with E-state index in [-0.39, 0.29) is 24.4 Å². The van der Waals surface area contributed by atoms with E-state index in [0.717, 1.165) is 30.8 Å². The zero-order valence-electron chi connectivity index (χ0n) is 13.0. The molecule has 1 fully saturated rings. The van der Waals surface area contributed by atoms with Gasteiger partial charge in [0, 0.05) is 38.2 Å². The van der Waals surface area contributed by atoms with Crippen LogP contribution in [0.4, 0.5) is 0 Å². The van der Waals surface area contributed by atoms with Crippen molar-refractivity contribution >= 4 is 18.3 Å². The van der Waals surface area contributed by atoms with Gasteiger partial charge in [0.15, 0.2) is 0 Å². The van der Waals surface area contributed by atoms with Crippen molar-refractivity contribution in [3.8, 4) is 5.75 Å². The minimum atomic E-state index is 0. The average Bonchev–Trinajstić information content (AvgIpc) is 3.00. The first-order chi connectivity index (χ1) is 10.2. The summed E-state index contributed by atoms with van der Waals surface area (Å²) in [5.41, 5.74) is 6.52. The van der Waals surface area contributed by atoms with Gasteiger partial charge in [-0.05, 0) is 18.9 Å². The van der Waals surface area contributed by atoms with E-state index < -0.39 is 0 Å². The van der Waals surface area contributed by atoms with Crippen LogP contribution in [-0.4, -0.2) is 43.7 Å². The van der Waals surface area contributed by atoms with Crippen molar-refractivity contribution in [1.29, 1.82) is 0 Å². The van der Waals surface area contributed by atoms with Crippen LogP contribution in [0.5, 0.6) is 5.75 Å². The van der Waals surface area contributed by atoms with Gasteiger partial charge >= 0.3 is 0 Å². The van der Waals surface area contributed by atoms with Crippen molar-refractivity contribution in [2.45, 2.75) is 31.9 Å². The summed E-state index contributed by atoms with van der Waals surface area (Å²) in [6.45, 7) is 2.31. The number of halogens is 1. The number of nitrogens with two attached hydrogens (primary N) is 1. The molecule has 1 aromatic rings. The molecule has 1 aliphatic heterocycles. The molecule has 124 valence electrons. The van der Waals surface area contributed by atoms with Gasteiger partial charge in [0.05, 0.1) is 13.2 Å². The summed E-state index contributed by atoms with van der Waals surface area (Å²) in [6, 6.07) is 7.77. The Morgan fingerprint density at radius 1 is 1.45 bits per heavy atom. The number of amides is 1. The van der Waals surface area contributed by atoms with Gasteiger partial charge in [-0.15, -0.1) is 12.4 Å². The van der Waals surface area contributed by atoms with Crippen LogP contribution in [0.25, 0.3) is 0 Å². The fourth-order valence-corrected chi connectivity index (χ4v) is 2.61. The molecule has 22 heavy (non-hydrogen) atoms. The fraction of sp³-hybridized carbons (Fsp3) is 0.562. The zero-order chi connectivity index (χ0) is 15.1. The van der Waals surface area contributed by atoms with E-state index in [1.54, 1.807) is 7.11 Å². The third-order valence-electron chi connectivity index (χ3n) is 3.71. The van der Waals surface area contributed by atoms with E-state index in [4.69, 9.17) is 15.2 Å². The highest BCUT2D eigenvalue weighted by atomic mass is 35.5. The molecule has 1 aromatic carbocycles. The summed E-state index contributed by atoms with van der Waals surface area (Å²) in [6.07, 6.45) is 2.58. The van der Waals surface area contributed by atoms with Gasteiger partial charge in [-0.3, -0.25) is 4.79 Å². The number of methoxy groups -OCH3 is 1. The molecule has 0 aliphatic carbocycles. The van der Waals surface area contributed by atoms with E-state index in [0.29, 0.717) is 26.1 Å². The summed E-state index contributed by atoms with van der Waals surface area (Å²) in [4.78, 5) is 14.1. The first kappa shape index (κ1) is 18.7. The molecule has 2 N–H and O–H groups in total. The van der Waals surface area contributed by atoms with Crippen molar-refractivity contribution in [2.75, 3.05) is 26.8 Å². The highest BCUT2D eigenvalue weighted by Crippen LogP contribution is 2.21. The number of hydrogen-bond acceptors (Lipinski definition) is 4. The number of hydrogen-bond donors (Lipinski definition) is 1. The van der Waals surface area contributed by atoms with Gasteiger partial charge in [0.1, 0.15) is 5.75 Å². The molecule has 0 aromatic heterocycles. The second-order valence-corrected chi connectivity index (χ2v) is 5.26. The molecule has 0 saturated carbocycles. The largest absolute Gasteiger partial charge is 0.496 e. The second-order valence-electron chi connectivity index (χ2n) is 5.26. The zero-order valence-corrected chi connectivity index (χ0v) is 13.8. The average molecular weight is 329 g/mol. The number of carbonyl (C=O) groups is 1. The minimum absolute atomic E-state index is 0. The van der Waals surface area contributed by atoms with Crippen LogP contribution in [0, 0.1) is 0 Å². The van der Waals surface area contributed by atoms with E-state index >= 15 is 0 Å². The molecule has 5 nitrogen and oxygen atoms in total. The molecule has 1 saturated heterocycles. The van der Waals surface area contributed by atoms with Crippen molar-refractivity contribution in [2.24, 2.45) is 5.73 Å². The molecule has 1 aliphatic rings. The summed E-state index contributed by atoms with van der Waals surface area (Å²) in [5.74, 6) is 0.870. The van der Waals surface area contributed by atoms with Gasteiger partial charge < -0.3 is 20.1 Å². The molecule has 1 atom stereocenters. The van der Waals surface area contributed by atoms with Gasteiger partial charge in [0.2, 0.25) is 5.91 Å². The molecule has 0 spiro atoms. The van der Waals surface area contributed by atoms with Crippen molar-refractivity contribution in [1.82, 2.24) is 4.90 Å². The Morgan fingerprint density at radius 2 is 2.23 bits per heavy atom. The number of nitrogens with zero attached hydrogens (tertiary/aromatic N) is 1. The van der Waals surface area contributed by atoms with Crippen molar-refractivity contribution in [3.63, 3.8) is 0 Å². The lowest BCUT2D eigenvalue weighted by molar-refractivity contribution is -0.133. The first-order valence-corrected chi connectivity index (χ1v) is 7.46. The minimum Gasteiger partial charge on any atom is -0.496 e. The molecule has 1 amide bonds. The maximum Gasteiger partial charge on any atom is 0.224 e. The standard InChI is InChI=1S/C16H24N2O3.ClH/c1-20-15-7-3-2-5-13(15)11-18(16(19)8-9-17)12-14-6-4-10-21-14;/h2-3,5,7,14H,4,6,8-12,17H2,1H3;1H. The lowest BCUT2D eigenvalue weighted by atomic mass is 10.1. The summed E-state index contributed by atoms with van der Waals surface area (Å²) >= 11 is 0. The maximum atomic E-state index is 12.3. The van der Waals surface area contributed by atoms with Crippen LogP contribution in [0.1, 0.15) is 24.8 Å². The van der Waals surface area contributed by atoms with Gasteiger partial charge in [-0.2, -0.15) is 0 Å². The van der Waals surface area contributed by atoms with E-state index in [9.17, 15) is 4.79 Å². The van der Waals surface area contributed by atoms with Crippen LogP contribution in [0.15, 0.2) is 24.3 Å². The molecular weight excluding hydrogens is 304 g/mol. The SMILES string of the molecule is COc1ccccc1CN(CC1CCCO1)C(=O)CCN.Cl. The van der Waals surface area contributed by atoms with E-state index in [2.05, 4.69) is 0 Å². The summed E-state index contributed by atoms with van der Waals surface area (Å²) < 4.78 is 11.0. The summed E-state index contributed by atoms with van der Waals surface area (Å²) in [5, 5.41) is 0. The fourth-order valence-electron chi connectivity index (χ4n) is 2.61. The lowest BCUT2D eigenvalue weighted by Gasteiger charge is -2.26. The molecule has 6 heteroatoms. The molecule has 0 radical (unpaired) electrons. The first-order valence-electron chi connectivity index (χ1n) is 7.46. The third kappa shape index (κ3) is 5.16. The Hall–Kier alpha value is -1.30. The Morgan fingerprint density at radius 3 is 2.86 bits per heavy atom. The Bertz CT molecular complexity index is 464. The Balaban J connectivity index is 0.00000242. The quantitative estimate of drug-likeness (QED) is 0.831.